The Morgan fingerprint density at radius 1 is 0.364 bits per heavy atom. The number of hydrogen-bond acceptors (Lipinski definition) is 2. The molecular formula is C40H32N4. The van der Waals surface area contributed by atoms with Gasteiger partial charge in [0.15, 0.2) is 0 Å². The van der Waals surface area contributed by atoms with Crippen LogP contribution in [0.2, 0.25) is 0 Å². The molecule has 0 atom stereocenters. The van der Waals surface area contributed by atoms with Crippen molar-refractivity contribution in [2.45, 2.75) is 13.8 Å². The first-order valence-electron chi connectivity index (χ1n) is 14.9. The highest BCUT2D eigenvalue weighted by atomic mass is 15.0. The summed E-state index contributed by atoms with van der Waals surface area (Å²) < 4.78 is 4.38. The highest BCUT2D eigenvalue weighted by molar-refractivity contribution is 5.83. The van der Waals surface area contributed by atoms with Crippen LogP contribution in [0.3, 0.4) is 0 Å². The average molecular weight is 569 g/mol. The number of hydrogen-bond donors (Lipinski definition) is 0. The number of fused-ring (bicyclic) bond motifs is 2. The Morgan fingerprint density at radius 2 is 0.682 bits per heavy atom. The predicted octanol–water partition coefficient (Wildman–Crippen LogP) is 9.95. The lowest BCUT2D eigenvalue weighted by molar-refractivity contribution is 1.17. The lowest BCUT2D eigenvalue weighted by Crippen LogP contribution is -1.90. The van der Waals surface area contributed by atoms with Gasteiger partial charge < -0.3 is 0 Å². The molecule has 0 saturated heterocycles. The van der Waals surface area contributed by atoms with E-state index in [1.54, 1.807) is 0 Å². The second-order valence-electron chi connectivity index (χ2n) is 10.9. The van der Waals surface area contributed by atoms with Gasteiger partial charge in [-0.25, -0.2) is 9.97 Å². The minimum atomic E-state index is 1.01. The van der Waals surface area contributed by atoms with E-state index >= 15 is 0 Å². The summed E-state index contributed by atoms with van der Waals surface area (Å²) >= 11 is 0. The fraction of sp³-hybridized carbons (Fsp3) is 0.0500. The van der Waals surface area contributed by atoms with Gasteiger partial charge >= 0.3 is 0 Å². The fourth-order valence-corrected chi connectivity index (χ4v) is 5.75. The Hall–Kier alpha value is -5.74. The molecule has 4 heteroatoms. The van der Waals surface area contributed by atoms with Gasteiger partial charge in [0.2, 0.25) is 0 Å². The van der Waals surface area contributed by atoms with E-state index in [1.165, 1.54) is 22.3 Å². The van der Waals surface area contributed by atoms with E-state index in [4.69, 9.17) is 9.97 Å². The number of imidazole rings is 2. The smallest absolute Gasteiger partial charge is 0.140 e. The maximum Gasteiger partial charge on any atom is 0.140 e. The third kappa shape index (κ3) is 5.07. The lowest BCUT2D eigenvalue weighted by atomic mass is 10.1. The third-order valence-electron chi connectivity index (χ3n) is 7.88. The summed E-state index contributed by atoms with van der Waals surface area (Å²) in [7, 11) is 0. The van der Waals surface area contributed by atoms with Crippen molar-refractivity contribution in [3.05, 3.63) is 169 Å². The maximum atomic E-state index is 4.92. The predicted molar refractivity (Wildman–Crippen MR) is 182 cm³/mol. The molecule has 8 rings (SSSR count). The molecule has 0 bridgehead atoms. The standard InChI is InChI=1S/2C20H16N2/c2*1-15-9-8-14-22-19(17-12-6-3-7-13-17)18(21-20(15)22)16-10-4-2-5-11-16/h2*2-14H,1H3. The first-order valence-corrected chi connectivity index (χ1v) is 14.9. The summed E-state index contributed by atoms with van der Waals surface area (Å²) in [5.74, 6) is 0. The van der Waals surface area contributed by atoms with Crippen LogP contribution in [0.5, 0.6) is 0 Å². The zero-order valence-electron chi connectivity index (χ0n) is 24.8. The van der Waals surface area contributed by atoms with Crippen molar-refractivity contribution < 1.29 is 0 Å². The van der Waals surface area contributed by atoms with Crippen LogP contribution in [0.1, 0.15) is 11.1 Å². The van der Waals surface area contributed by atoms with Crippen LogP contribution in [0.4, 0.5) is 0 Å². The summed E-state index contributed by atoms with van der Waals surface area (Å²) in [4.78, 5) is 9.84. The van der Waals surface area contributed by atoms with Gasteiger partial charge in [-0.1, -0.05) is 133 Å². The molecule has 0 fully saturated rings. The maximum absolute atomic E-state index is 4.92. The second kappa shape index (κ2) is 11.9. The number of aromatic nitrogens is 4. The molecule has 4 aromatic carbocycles. The molecule has 0 unspecified atom stereocenters. The Balaban J connectivity index is 0.000000142. The quantitative estimate of drug-likeness (QED) is 0.212. The normalized spacial score (nSPS) is 11.0. The minimum Gasteiger partial charge on any atom is -0.299 e. The molecule has 44 heavy (non-hydrogen) atoms. The molecule has 0 spiro atoms. The van der Waals surface area contributed by atoms with E-state index in [9.17, 15) is 0 Å². The van der Waals surface area contributed by atoms with E-state index in [-0.39, 0.29) is 0 Å². The van der Waals surface area contributed by atoms with Crippen molar-refractivity contribution in [2.24, 2.45) is 0 Å². The molecule has 0 aliphatic carbocycles. The molecule has 4 nitrogen and oxygen atoms in total. The molecule has 4 heterocycles. The number of rotatable bonds is 4. The van der Waals surface area contributed by atoms with Gasteiger partial charge in [0.05, 0.1) is 22.8 Å². The zero-order chi connectivity index (χ0) is 29.9. The van der Waals surface area contributed by atoms with Crippen LogP contribution in [0.25, 0.3) is 56.3 Å². The second-order valence-corrected chi connectivity index (χ2v) is 10.9. The highest BCUT2D eigenvalue weighted by Crippen LogP contribution is 2.34. The molecule has 0 aliphatic rings. The Kier molecular flexibility index (Phi) is 7.31. The molecule has 0 aliphatic heterocycles. The Morgan fingerprint density at radius 3 is 1.02 bits per heavy atom. The Bertz CT molecular complexity index is 2000. The van der Waals surface area contributed by atoms with E-state index in [0.29, 0.717) is 0 Å². The number of aryl methyl sites for hydroxylation is 2. The highest BCUT2D eigenvalue weighted by Gasteiger charge is 2.17. The van der Waals surface area contributed by atoms with Gasteiger partial charge in [-0.3, -0.25) is 8.80 Å². The zero-order valence-corrected chi connectivity index (χ0v) is 24.8. The van der Waals surface area contributed by atoms with Gasteiger partial charge in [0.25, 0.3) is 0 Å². The van der Waals surface area contributed by atoms with Crippen molar-refractivity contribution in [3.63, 3.8) is 0 Å². The van der Waals surface area contributed by atoms with Crippen molar-refractivity contribution >= 4 is 11.3 Å². The van der Waals surface area contributed by atoms with Gasteiger partial charge in [0.1, 0.15) is 11.3 Å². The SMILES string of the molecule is Cc1cccn2c(-c3ccccc3)c(-c3ccccc3)nc12.Cc1cccn2c(-c3ccccc3)c(-c3ccccc3)nc12. The summed E-state index contributed by atoms with van der Waals surface area (Å²) in [6.45, 7) is 4.21. The van der Waals surface area contributed by atoms with Crippen molar-refractivity contribution in [2.75, 3.05) is 0 Å². The first-order chi connectivity index (χ1) is 21.7. The molecule has 0 N–H and O–H groups in total. The fourth-order valence-electron chi connectivity index (χ4n) is 5.75. The molecule has 4 aromatic heterocycles. The summed E-state index contributed by atoms with van der Waals surface area (Å²) in [5.41, 5.74) is 13.4. The topological polar surface area (TPSA) is 34.6 Å². The van der Waals surface area contributed by atoms with E-state index in [2.05, 4.69) is 156 Å². The molecule has 0 amide bonds. The van der Waals surface area contributed by atoms with E-state index in [1.807, 2.05) is 24.3 Å². The van der Waals surface area contributed by atoms with Crippen molar-refractivity contribution in [1.29, 1.82) is 0 Å². The van der Waals surface area contributed by atoms with Gasteiger partial charge in [-0.05, 0) is 37.1 Å². The first kappa shape index (κ1) is 27.1. The van der Waals surface area contributed by atoms with Gasteiger partial charge in [-0.2, -0.15) is 0 Å². The monoisotopic (exact) mass is 568 g/mol. The van der Waals surface area contributed by atoms with E-state index < -0.39 is 0 Å². The molecule has 0 saturated carbocycles. The van der Waals surface area contributed by atoms with Gasteiger partial charge in [0, 0.05) is 34.6 Å². The Labute approximate surface area is 257 Å². The average Bonchev–Trinajstić information content (AvgIpc) is 3.68. The van der Waals surface area contributed by atoms with Crippen LogP contribution < -0.4 is 0 Å². The van der Waals surface area contributed by atoms with Crippen LogP contribution in [0.15, 0.2) is 158 Å². The number of nitrogens with zero attached hydrogens (tertiary/aromatic N) is 4. The molecule has 212 valence electrons. The van der Waals surface area contributed by atoms with Crippen molar-refractivity contribution in [3.8, 4) is 45.0 Å². The summed E-state index contributed by atoms with van der Waals surface area (Å²) in [6.07, 6.45) is 4.17. The molecule has 0 radical (unpaired) electrons. The van der Waals surface area contributed by atoms with Gasteiger partial charge in [-0.15, -0.1) is 0 Å². The van der Waals surface area contributed by atoms with Crippen molar-refractivity contribution in [1.82, 2.24) is 18.8 Å². The van der Waals surface area contributed by atoms with Crippen LogP contribution >= 0.6 is 0 Å². The van der Waals surface area contributed by atoms with Crippen LogP contribution in [-0.2, 0) is 0 Å². The summed E-state index contributed by atoms with van der Waals surface area (Å²) in [6, 6.07) is 50.0. The third-order valence-corrected chi connectivity index (χ3v) is 7.88. The van der Waals surface area contributed by atoms with Crippen LogP contribution in [-0.4, -0.2) is 18.8 Å². The molecular weight excluding hydrogens is 536 g/mol. The number of benzene rings is 4. The van der Waals surface area contributed by atoms with E-state index in [0.717, 1.165) is 45.2 Å². The number of pyridine rings is 2. The summed E-state index contributed by atoms with van der Waals surface area (Å²) in [5, 5.41) is 0. The molecule has 8 aromatic rings. The minimum absolute atomic E-state index is 1.01. The lowest BCUT2D eigenvalue weighted by Gasteiger charge is -2.06. The van der Waals surface area contributed by atoms with Crippen LogP contribution in [0, 0.1) is 13.8 Å². The largest absolute Gasteiger partial charge is 0.299 e.